The van der Waals surface area contributed by atoms with E-state index in [4.69, 9.17) is 4.74 Å². The fraction of sp³-hybridized carbons (Fsp3) is 0.625. The van der Waals surface area contributed by atoms with Gasteiger partial charge in [0.2, 0.25) is 5.88 Å². The second-order valence-corrected chi connectivity index (χ2v) is 8.67. The van der Waals surface area contributed by atoms with Crippen molar-refractivity contribution in [3.05, 3.63) is 46.0 Å². The highest BCUT2D eigenvalue weighted by Gasteiger charge is 2.22. The molecule has 30 heavy (non-hydrogen) atoms. The van der Waals surface area contributed by atoms with Crippen molar-refractivity contribution in [2.45, 2.75) is 83.4 Å². The number of nitrogens with zero attached hydrogens (tertiary/aromatic N) is 2. The Balaban J connectivity index is 1.02. The Morgan fingerprint density at radius 1 is 1.07 bits per heavy atom. The highest BCUT2D eigenvalue weighted by molar-refractivity contribution is 5.35. The predicted molar refractivity (Wildman–Crippen MR) is 118 cm³/mol. The van der Waals surface area contributed by atoms with Gasteiger partial charge in [-0.15, -0.1) is 0 Å². The summed E-state index contributed by atoms with van der Waals surface area (Å²) in [5, 5.41) is 13.8. The lowest BCUT2D eigenvalue weighted by molar-refractivity contribution is 0.170. The van der Waals surface area contributed by atoms with Crippen molar-refractivity contribution in [1.82, 2.24) is 14.5 Å². The van der Waals surface area contributed by atoms with Crippen LogP contribution >= 0.6 is 0 Å². The molecule has 0 bridgehead atoms. The fourth-order valence-electron chi connectivity index (χ4n) is 4.73. The third-order valence-electron chi connectivity index (χ3n) is 6.46. The summed E-state index contributed by atoms with van der Waals surface area (Å²) in [7, 11) is 0. The van der Waals surface area contributed by atoms with Crippen LogP contribution < -0.4 is 15.7 Å². The van der Waals surface area contributed by atoms with Gasteiger partial charge in [0, 0.05) is 19.6 Å². The summed E-state index contributed by atoms with van der Waals surface area (Å²) in [4.78, 5) is 12.3. The monoisotopic (exact) mass is 413 g/mol. The van der Waals surface area contributed by atoms with Crippen LogP contribution in [0.25, 0.3) is 0 Å². The van der Waals surface area contributed by atoms with Crippen LogP contribution in [0.4, 0.5) is 0 Å². The van der Waals surface area contributed by atoms with Crippen LogP contribution in [0.5, 0.6) is 11.6 Å². The molecular formula is C24H35N3O3. The molecule has 3 heterocycles. The fourth-order valence-corrected chi connectivity index (χ4v) is 4.73. The number of para-hydroxylation sites is 1. The maximum absolute atomic E-state index is 12.3. The summed E-state index contributed by atoms with van der Waals surface area (Å²) >= 11 is 0. The number of imidazole rings is 1. The summed E-state index contributed by atoms with van der Waals surface area (Å²) in [6.07, 6.45) is 11.2. The van der Waals surface area contributed by atoms with E-state index in [0.717, 1.165) is 69.6 Å². The van der Waals surface area contributed by atoms with Crippen LogP contribution in [0.15, 0.2) is 29.1 Å². The van der Waals surface area contributed by atoms with Gasteiger partial charge in [-0.25, -0.2) is 4.79 Å². The number of fused-ring (bicyclic) bond motifs is 2. The normalized spacial score (nSPS) is 17.5. The molecule has 1 atom stereocenters. The van der Waals surface area contributed by atoms with Crippen molar-refractivity contribution in [2.75, 3.05) is 13.1 Å². The van der Waals surface area contributed by atoms with Crippen LogP contribution in [-0.2, 0) is 25.9 Å². The molecule has 0 fully saturated rings. The summed E-state index contributed by atoms with van der Waals surface area (Å²) in [6, 6.07) is 8.35. The Labute approximate surface area is 178 Å². The summed E-state index contributed by atoms with van der Waals surface area (Å²) in [6.45, 7) is 3.36. The molecule has 6 nitrogen and oxygen atoms in total. The largest absolute Gasteiger partial charge is 0.493 e. The van der Waals surface area contributed by atoms with Gasteiger partial charge in [0.1, 0.15) is 11.9 Å². The first-order valence-corrected chi connectivity index (χ1v) is 11.7. The molecule has 0 radical (unpaired) electrons. The van der Waals surface area contributed by atoms with Gasteiger partial charge in [0.25, 0.3) is 0 Å². The third-order valence-corrected chi connectivity index (χ3v) is 6.46. The zero-order valence-corrected chi connectivity index (χ0v) is 17.9. The quantitative estimate of drug-likeness (QED) is 0.552. The van der Waals surface area contributed by atoms with Gasteiger partial charge >= 0.3 is 5.69 Å². The van der Waals surface area contributed by atoms with Crippen LogP contribution in [0, 0.1) is 0 Å². The van der Waals surface area contributed by atoms with Crippen LogP contribution in [0.1, 0.15) is 62.6 Å². The van der Waals surface area contributed by atoms with E-state index < -0.39 is 0 Å². The van der Waals surface area contributed by atoms with Gasteiger partial charge in [0.05, 0.1) is 5.69 Å². The third kappa shape index (κ3) is 4.91. The lowest BCUT2D eigenvalue weighted by atomic mass is 10.0. The molecular weight excluding hydrogens is 378 g/mol. The van der Waals surface area contributed by atoms with E-state index in [1.807, 2.05) is 6.07 Å². The summed E-state index contributed by atoms with van der Waals surface area (Å²) < 4.78 is 9.37. The molecule has 2 aliphatic rings. The number of benzene rings is 1. The molecule has 164 valence electrons. The molecule has 0 amide bonds. The number of hydrogen-bond acceptors (Lipinski definition) is 4. The molecule has 6 heteroatoms. The highest BCUT2D eigenvalue weighted by Crippen LogP contribution is 2.26. The van der Waals surface area contributed by atoms with Gasteiger partial charge in [0.15, 0.2) is 0 Å². The van der Waals surface area contributed by atoms with Crippen molar-refractivity contribution in [1.29, 1.82) is 0 Å². The lowest BCUT2D eigenvalue weighted by Gasteiger charge is -2.26. The number of nitrogens with one attached hydrogen (secondary N) is 1. The van der Waals surface area contributed by atoms with E-state index in [9.17, 15) is 9.90 Å². The Morgan fingerprint density at radius 3 is 2.73 bits per heavy atom. The number of aromatic nitrogens is 2. The molecule has 1 aromatic carbocycles. The zero-order valence-electron chi connectivity index (χ0n) is 17.9. The van der Waals surface area contributed by atoms with Crippen molar-refractivity contribution in [2.24, 2.45) is 0 Å². The summed E-state index contributed by atoms with van der Waals surface area (Å²) in [5.41, 5.74) is 2.13. The Morgan fingerprint density at radius 2 is 1.87 bits per heavy atom. The maximum Gasteiger partial charge on any atom is 0.331 e. The standard InChI is InChI=1S/C24H35N3O3/c28-23-21-11-9-17-26(21)24(29)27(23)16-8-4-2-1-3-7-15-25-18-20-14-13-19-10-5-6-12-22(19)30-20/h5-6,10,12,20,25,28H,1-4,7-9,11,13-18H2. The minimum atomic E-state index is -0.0310. The van der Waals surface area contributed by atoms with Gasteiger partial charge in [-0.1, -0.05) is 43.9 Å². The molecule has 1 unspecified atom stereocenters. The molecule has 0 saturated heterocycles. The number of aryl methyl sites for hydroxylation is 1. The van der Waals surface area contributed by atoms with Crippen LogP contribution in [0.3, 0.4) is 0 Å². The number of unbranched alkanes of at least 4 members (excludes halogenated alkanes) is 5. The van der Waals surface area contributed by atoms with E-state index in [1.165, 1.54) is 31.2 Å². The van der Waals surface area contributed by atoms with Crippen molar-refractivity contribution >= 4 is 0 Å². The van der Waals surface area contributed by atoms with Crippen molar-refractivity contribution < 1.29 is 9.84 Å². The average molecular weight is 414 g/mol. The van der Waals surface area contributed by atoms with E-state index in [0.29, 0.717) is 6.54 Å². The van der Waals surface area contributed by atoms with Gasteiger partial charge in [-0.05, 0) is 56.7 Å². The van der Waals surface area contributed by atoms with Gasteiger partial charge in [-0.2, -0.15) is 0 Å². The molecule has 2 N–H and O–H groups in total. The number of aromatic hydroxyl groups is 1. The molecule has 2 aliphatic heterocycles. The molecule has 4 rings (SSSR count). The topological polar surface area (TPSA) is 68.4 Å². The first-order chi connectivity index (χ1) is 14.7. The Bertz CT molecular complexity index is 886. The molecule has 1 aromatic heterocycles. The van der Waals surface area contributed by atoms with Gasteiger partial charge < -0.3 is 15.2 Å². The Hall–Kier alpha value is -2.21. The smallest absolute Gasteiger partial charge is 0.331 e. The second-order valence-electron chi connectivity index (χ2n) is 8.67. The molecule has 0 saturated carbocycles. The maximum atomic E-state index is 12.3. The minimum absolute atomic E-state index is 0.0310. The highest BCUT2D eigenvalue weighted by atomic mass is 16.5. The van der Waals surface area contributed by atoms with E-state index in [-0.39, 0.29) is 17.7 Å². The lowest BCUT2D eigenvalue weighted by Crippen LogP contribution is -2.34. The SMILES string of the molecule is O=c1n(CCCCCCCCNCC2CCc3ccccc3O2)c(O)c2n1CCC2. The van der Waals surface area contributed by atoms with Crippen LogP contribution in [0.2, 0.25) is 0 Å². The number of rotatable bonds is 11. The first-order valence-electron chi connectivity index (χ1n) is 11.7. The minimum Gasteiger partial charge on any atom is -0.493 e. The first kappa shape index (κ1) is 21.0. The van der Waals surface area contributed by atoms with E-state index in [1.54, 1.807) is 9.13 Å². The second kappa shape index (κ2) is 10.2. The van der Waals surface area contributed by atoms with Gasteiger partial charge in [-0.3, -0.25) is 9.13 Å². The van der Waals surface area contributed by atoms with E-state index >= 15 is 0 Å². The van der Waals surface area contributed by atoms with Crippen molar-refractivity contribution in [3.63, 3.8) is 0 Å². The zero-order chi connectivity index (χ0) is 20.8. The molecule has 0 spiro atoms. The summed E-state index contributed by atoms with van der Waals surface area (Å²) in [5.74, 6) is 1.25. The molecule has 2 aromatic rings. The Kier molecular flexibility index (Phi) is 7.16. The number of ether oxygens (including phenoxy) is 1. The van der Waals surface area contributed by atoms with Crippen molar-refractivity contribution in [3.8, 4) is 11.6 Å². The van der Waals surface area contributed by atoms with E-state index in [2.05, 4.69) is 23.5 Å². The molecule has 0 aliphatic carbocycles. The predicted octanol–water partition coefficient (Wildman–Crippen LogP) is 3.63. The van der Waals surface area contributed by atoms with Crippen LogP contribution in [-0.4, -0.2) is 33.4 Å². The number of hydrogen-bond donors (Lipinski definition) is 2. The average Bonchev–Trinajstić information content (AvgIpc) is 3.34.